The molecule has 0 atom stereocenters. The van der Waals surface area contributed by atoms with Crippen molar-refractivity contribution in [3.8, 4) is 11.5 Å². The average molecular weight is 381 g/mol. The van der Waals surface area contributed by atoms with Crippen LogP contribution >= 0.6 is 11.6 Å². The molecule has 4 rings (SSSR count). The van der Waals surface area contributed by atoms with Crippen LogP contribution in [0.15, 0.2) is 72.5 Å². The number of ketones is 1. The minimum absolute atomic E-state index is 0.194. The summed E-state index contributed by atoms with van der Waals surface area (Å²) in [6, 6.07) is 18.3. The van der Waals surface area contributed by atoms with Crippen molar-refractivity contribution in [2.24, 2.45) is 0 Å². The average Bonchev–Trinajstić information content (AvgIpc) is 2.98. The zero-order valence-electron chi connectivity index (χ0n) is 14.1. The van der Waals surface area contributed by atoms with Gasteiger partial charge in [0.2, 0.25) is 5.78 Å². The third-order valence-corrected chi connectivity index (χ3v) is 4.53. The molecule has 0 saturated carbocycles. The number of carbonyl (C=O) groups is 1. The van der Waals surface area contributed by atoms with Crippen molar-refractivity contribution in [3.05, 3.63) is 100 Å². The number of carbonyl (C=O) groups excluding carboxylic acids is 1. The first-order valence-corrected chi connectivity index (χ1v) is 8.68. The summed E-state index contributed by atoms with van der Waals surface area (Å²) in [5, 5.41) is 0.634. The first kappa shape index (κ1) is 17.3. The summed E-state index contributed by atoms with van der Waals surface area (Å²) < 4.78 is 24.5. The van der Waals surface area contributed by atoms with E-state index in [-0.39, 0.29) is 17.4 Å². The molecule has 3 aromatic rings. The Morgan fingerprint density at radius 3 is 2.59 bits per heavy atom. The molecule has 3 aromatic carbocycles. The van der Waals surface area contributed by atoms with Crippen LogP contribution in [0.4, 0.5) is 4.39 Å². The van der Waals surface area contributed by atoms with Crippen LogP contribution in [-0.4, -0.2) is 5.78 Å². The van der Waals surface area contributed by atoms with E-state index in [2.05, 4.69) is 0 Å². The molecule has 27 heavy (non-hydrogen) atoms. The van der Waals surface area contributed by atoms with Crippen LogP contribution < -0.4 is 9.47 Å². The number of Topliss-reactive ketones (excluding diaryl/α,β-unsaturated/α-hetero) is 1. The van der Waals surface area contributed by atoms with Crippen molar-refractivity contribution in [1.82, 2.24) is 0 Å². The Morgan fingerprint density at radius 2 is 1.81 bits per heavy atom. The zero-order chi connectivity index (χ0) is 18.8. The molecule has 0 unspecified atom stereocenters. The number of hydrogen-bond donors (Lipinski definition) is 0. The second-order valence-electron chi connectivity index (χ2n) is 6.03. The van der Waals surface area contributed by atoms with E-state index in [1.807, 2.05) is 18.2 Å². The Kier molecular flexibility index (Phi) is 4.65. The molecule has 5 heteroatoms. The minimum Gasteiger partial charge on any atom is -0.489 e. The van der Waals surface area contributed by atoms with Crippen molar-refractivity contribution < 1.29 is 18.7 Å². The molecule has 0 amide bonds. The highest BCUT2D eigenvalue weighted by molar-refractivity contribution is 6.31. The molecule has 134 valence electrons. The first-order chi connectivity index (χ1) is 13.1. The van der Waals surface area contributed by atoms with Gasteiger partial charge in [-0.05, 0) is 42.0 Å². The SMILES string of the molecule is O=C1/C(=C/c2ccc(F)cc2)Oc2cc(OCc3ccccc3Cl)ccc21. The van der Waals surface area contributed by atoms with Gasteiger partial charge >= 0.3 is 0 Å². The highest BCUT2D eigenvalue weighted by Crippen LogP contribution is 2.35. The monoisotopic (exact) mass is 380 g/mol. The van der Waals surface area contributed by atoms with Gasteiger partial charge in [-0.25, -0.2) is 4.39 Å². The smallest absolute Gasteiger partial charge is 0.231 e. The molecule has 0 fully saturated rings. The van der Waals surface area contributed by atoms with Gasteiger partial charge in [0.05, 0.1) is 5.56 Å². The predicted molar refractivity (Wildman–Crippen MR) is 102 cm³/mol. The number of rotatable bonds is 4. The van der Waals surface area contributed by atoms with Crippen LogP contribution in [0.5, 0.6) is 11.5 Å². The van der Waals surface area contributed by atoms with Crippen LogP contribution in [0.25, 0.3) is 6.08 Å². The number of fused-ring (bicyclic) bond motifs is 1. The second kappa shape index (κ2) is 7.25. The number of hydrogen-bond acceptors (Lipinski definition) is 3. The molecular weight excluding hydrogens is 367 g/mol. The maximum atomic E-state index is 13.0. The Hall–Kier alpha value is -3.11. The lowest BCUT2D eigenvalue weighted by Gasteiger charge is -2.08. The van der Waals surface area contributed by atoms with Gasteiger partial charge in [0, 0.05) is 16.7 Å². The molecule has 0 N–H and O–H groups in total. The van der Waals surface area contributed by atoms with Crippen LogP contribution in [0.3, 0.4) is 0 Å². The standard InChI is InChI=1S/C22H14ClFO3/c23-19-4-2-1-3-15(19)13-26-17-9-10-18-20(12-17)27-21(22(18)25)11-14-5-7-16(24)8-6-14/h1-12H,13H2/b21-11-. The summed E-state index contributed by atoms with van der Waals surface area (Å²) in [5.41, 5.74) is 2.02. The van der Waals surface area contributed by atoms with Gasteiger partial charge in [-0.3, -0.25) is 4.79 Å². The van der Waals surface area contributed by atoms with E-state index in [0.29, 0.717) is 34.3 Å². The number of halogens is 2. The second-order valence-corrected chi connectivity index (χ2v) is 6.44. The van der Waals surface area contributed by atoms with Gasteiger partial charge in [-0.2, -0.15) is 0 Å². The van der Waals surface area contributed by atoms with Crippen molar-refractivity contribution in [2.75, 3.05) is 0 Å². The topological polar surface area (TPSA) is 35.5 Å². The van der Waals surface area contributed by atoms with Crippen molar-refractivity contribution in [3.63, 3.8) is 0 Å². The van der Waals surface area contributed by atoms with Crippen LogP contribution in [0.1, 0.15) is 21.5 Å². The number of benzene rings is 3. The van der Waals surface area contributed by atoms with Crippen molar-refractivity contribution in [2.45, 2.75) is 6.61 Å². The molecular formula is C22H14ClFO3. The van der Waals surface area contributed by atoms with E-state index in [4.69, 9.17) is 21.1 Å². The first-order valence-electron chi connectivity index (χ1n) is 8.30. The summed E-state index contributed by atoms with van der Waals surface area (Å²) in [5.74, 6) is 0.653. The van der Waals surface area contributed by atoms with Crippen LogP contribution in [0.2, 0.25) is 5.02 Å². The van der Waals surface area contributed by atoms with E-state index in [1.54, 1.807) is 42.5 Å². The van der Waals surface area contributed by atoms with Gasteiger partial charge in [0.15, 0.2) is 5.76 Å². The zero-order valence-corrected chi connectivity index (χ0v) is 14.9. The number of ether oxygens (including phenoxy) is 2. The van der Waals surface area contributed by atoms with E-state index in [0.717, 1.165) is 5.56 Å². The lowest BCUT2D eigenvalue weighted by molar-refractivity contribution is 0.101. The van der Waals surface area contributed by atoms with Gasteiger partial charge in [-0.15, -0.1) is 0 Å². The molecule has 0 aliphatic carbocycles. The Bertz CT molecular complexity index is 1040. The lowest BCUT2D eigenvalue weighted by atomic mass is 10.1. The van der Waals surface area contributed by atoms with Gasteiger partial charge in [0.25, 0.3) is 0 Å². The summed E-state index contributed by atoms with van der Waals surface area (Å²) >= 11 is 6.13. The lowest BCUT2D eigenvalue weighted by Crippen LogP contribution is -1.98. The molecule has 0 bridgehead atoms. The van der Waals surface area contributed by atoms with Gasteiger partial charge in [-0.1, -0.05) is 41.9 Å². The molecule has 1 aliphatic rings. The van der Waals surface area contributed by atoms with Crippen LogP contribution in [-0.2, 0) is 6.61 Å². The molecule has 0 aromatic heterocycles. The predicted octanol–water partition coefficient (Wildman–Crippen LogP) is 5.67. The minimum atomic E-state index is -0.334. The Labute approximate surface area is 160 Å². The molecule has 0 spiro atoms. The maximum absolute atomic E-state index is 13.0. The molecule has 1 aliphatic heterocycles. The van der Waals surface area contributed by atoms with Gasteiger partial charge in [0.1, 0.15) is 23.9 Å². The van der Waals surface area contributed by atoms with E-state index >= 15 is 0 Å². The normalized spacial score (nSPS) is 14.1. The summed E-state index contributed by atoms with van der Waals surface area (Å²) in [6.45, 7) is 0.310. The third kappa shape index (κ3) is 3.71. The molecule has 0 saturated heterocycles. The molecule has 1 heterocycles. The molecule has 3 nitrogen and oxygen atoms in total. The Morgan fingerprint density at radius 1 is 1.04 bits per heavy atom. The summed E-state index contributed by atoms with van der Waals surface area (Å²) in [4.78, 5) is 12.5. The fraction of sp³-hybridized carbons (Fsp3) is 0.0455. The fourth-order valence-corrected chi connectivity index (χ4v) is 2.93. The van der Waals surface area contributed by atoms with Crippen LogP contribution in [0, 0.1) is 5.82 Å². The van der Waals surface area contributed by atoms with E-state index in [9.17, 15) is 9.18 Å². The van der Waals surface area contributed by atoms with E-state index < -0.39 is 0 Å². The van der Waals surface area contributed by atoms with Crippen molar-refractivity contribution >= 4 is 23.5 Å². The quantitative estimate of drug-likeness (QED) is 0.547. The third-order valence-electron chi connectivity index (χ3n) is 4.16. The number of allylic oxidation sites excluding steroid dienone is 1. The highest BCUT2D eigenvalue weighted by Gasteiger charge is 2.27. The molecule has 0 radical (unpaired) electrons. The highest BCUT2D eigenvalue weighted by atomic mass is 35.5. The fourth-order valence-electron chi connectivity index (χ4n) is 2.74. The summed E-state index contributed by atoms with van der Waals surface area (Å²) in [6.07, 6.45) is 1.59. The largest absolute Gasteiger partial charge is 0.489 e. The maximum Gasteiger partial charge on any atom is 0.231 e. The van der Waals surface area contributed by atoms with Crippen molar-refractivity contribution in [1.29, 1.82) is 0 Å². The van der Waals surface area contributed by atoms with E-state index in [1.165, 1.54) is 12.1 Å². The van der Waals surface area contributed by atoms with Gasteiger partial charge < -0.3 is 9.47 Å². The Balaban J connectivity index is 1.52. The summed E-state index contributed by atoms with van der Waals surface area (Å²) in [7, 11) is 0.